The van der Waals surface area contributed by atoms with Gasteiger partial charge in [0.25, 0.3) is 0 Å². The Morgan fingerprint density at radius 3 is 0.697 bits per heavy atom. The fourth-order valence-corrected chi connectivity index (χ4v) is 6.34. The Morgan fingerprint density at radius 2 is 0.485 bits per heavy atom. The third-order valence-corrected chi connectivity index (χ3v) is 9.16. The minimum Gasteiger partial charge on any atom is -0.262 e. The Labute approximate surface area is 347 Å². The summed E-state index contributed by atoms with van der Waals surface area (Å²) in [5.41, 5.74) is -32.4. The first kappa shape index (κ1) is 48.3. The van der Waals surface area contributed by atoms with Gasteiger partial charge in [-0.05, 0) is 22.3 Å². The van der Waals surface area contributed by atoms with Gasteiger partial charge in [0.15, 0.2) is 105 Å². The van der Waals surface area contributed by atoms with Gasteiger partial charge in [-0.1, -0.05) is 17.2 Å². The number of rotatable bonds is 4. The van der Waals surface area contributed by atoms with Gasteiger partial charge in [-0.25, -0.2) is 102 Å². The van der Waals surface area contributed by atoms with Crippen molar-refractivity contribution in [2.24, 2.45) is 0 Å². The van der Waals surface area contributed by atoms with Gasteiger partial charge in [-0.2, -0.15) is 0 Å². The molecule has 0 spiro atoms. The van der Waals surface area contributed by atoms with Crippen LogP contribution in [0, 0.1) is 123 Å². The van der Waals surface area contributed by atoms with Gasteiger partial charge in [-0.15, -0.1) is 0 Å². The summed E-state index contributed by atoms with van der Waals surface area (Å²) in [4.78, 5) is 2.89. The van der Waals surface area contributed by atoms with Gasteiger partial charge >= 0.3 is 0 Å². The zero-order chi connectivity index (χ0) is 49.4. The highest BCUT2D eigenvalue weighted by Crippen LogP contribution is 2.62. The third-order valence-electron chi connectivity index (χ3n) is 9.16. The molecular formula is C40H6F25N. The minimum absolute atomic E-state index is 1.88. The lowest BCUT2D eigenvalue weighted by atomic mass is 9.83. The highest BCUT2D eigenvalue weighted by Gasteiger charge is 2.47. The van der Waals surface area contributed by atoms with Crippen LogP contribution >= 0.6 is 0 Å². The van der Waals surface area contributed by atoms with Crippen molar-refractivity contribution in [2.45, 2.75) is 0 Å². The van der Waals surface area contributed by atoms with Crippen LogP contribution in [-0.2, 0) is 0 Å². The van der Waals surface area contributed by atoms with Crippen molar-refractivity contribution in [3.8, 4) is 0 Å². The molecule has 1 aromatic heterocycles. The number of benzene rings is 4. The third kappa shape index (κ3) is 7.03. The average Bonchev–Trinajstić information content (AvgIpc) is 3.61. The number of halogens is 25. The van der Waals surface area contributed by atoms with Gasteiger partial charge in [-0.3, -0.25) is 13.2 Å². The van der Waals surface area contributed by atoms with E-state index in [4.69, 9.17) is 0 Å². The number of hydrogen-bond donors (Lipinski definition) is 0. The van der Waals surface area contributed by atoms with E-state index in [1.165, 1.54) is 0 Å². The van der Waals surface area contributed by atoms with Crippen molar-refractivity contribution in [2.75, 3.05) is 0 Å². The molecule has 0 unspecified atom stereocenters. The lowest BCUT2D eigenvalue weighted by molar-refractivity contribution is -0.377. The van der Waals surface area contributed by atoms with E-state index in [-0.39, 0.29) is 0 Å². The molecule has 0 atom stereocenters. The lowest BCUT2D eigenvalue weighted by Gasteiger charge is -2.30. The van der Waals surface area contributed by atoms with Crippen molar-refractivity contribution in [3.05, 3.63) is 210 Å². The Kier molecular flexibility index (Phi) is 12.7. The van der Waals surface area contributed by atoms with E-state index < -0.39 is 202 Å². The molecule has 0 saturated heterocycles. The predicted molar refractivity (Wildman–Crippen MR) is 171 cm³/mol. The Balaban J connectivity index is 0.00000111. The fourth-order valence-electron chi connectivity index (χ4n) is 6.34. The molecule has 0 saturated carbocycles. The van der Waals surface area contributed by atoms with Crippen LogP contribution in [-0.4, -0.2) is 0 Å². The van der Waals surface area contributed by atoms with Crippen LogP contribution in [0.3, 0.4) is 0 Å². The number of aromatic amines is 1. The topological polar surface area (TPSA) is 14.1 Å². The molecule has 7 rings (SSSR count). The molecule has 0 bridgehead atoms. The van der Waals surface area contributed by atoms with Gasteiger partial charge < -0.3 is 0 Å². The molecule has 1 nitrogen and oxygen atoms in total. The Hall–Kier alpha value is -7.15. The summed E-state index contributed by atoms with van der Waals surface area (Å²) in [6.45, 7) is 0. The normalized spacial score (nSPS) is 14.4. The monoisotopic (exact) mass is 975 g/mol. The van der Waals surface area contributed by atoms with Crippen LogP contribution in [0.2, 0.25) is 0 Å². The maximum atomic E-state index is 15.8. The summed E-state index contributed by atoms with van der Waals surface area (Å²) in [5, 5.41) is 0. The van der Waals surface area contributed by atoms with E-state index in [1.54, 1.807) is 0 Å². The summed E-state index contributed by atoms with van der Waals surface area (Å²) in [6, 6.07) is 5.86. The molecule has 0 fully saturated rings. The first-order valence-corrected chi connectivity index (χ1v) is 16.6. The molecule has 5 aromatic rings. The first-order valence-electron chi connectivity index (χ1n) is 16.6. The number of hydrogen-bond acceptors (Lipinski definition) is 0. The van der Waals surface area contributed by atoms with E-state index in [0.29, 0.717) is 0 Å². The molecule has 346 valence electrons. The van der Waals surface area contributed by atoms with Gasteiger partial charge in [0.2, 0.25) is 23.3 Å². The van der Waals surface area contributed by atoms with Crippen LogP contribution in [0.5, 0.6) is 0 Å². The van der Waals surface area contributed by atoms with E-state index in [9.17, 15) is 65.9 Å². The maximum absolute atomic E-state index is 15.8. The smallest absolute Gasteiger partial charge is 0.200 e. The molecule has 0 aliphatic heterocycles. The summed E-state index contributed by atoms with van der Waals surface area (Å²) in [5.74, 6) is -83.6. The van der Waals surface area contributed by atoms with Gasteiger partial charge in [0.05, 0.1) is 34.3 Å². The van der Waals surface area contributed by atoms with Crippen molar-refractivity contribution < 1.29 is 115 Å². The largest absolute Gasteiger partial charge is 0.262 e. The number of H-pyrrole nitrogens is 1. The van der Waals surface area contributed by atoms with Gasteiger partial charge in [0.1, 0.15) is 17.5 Å². The second-order valence-corrected chi connectivity index (χ2v) is 12.7. The van der Waals surface area contributed by atoms with Crippen LogP contribution in [0.25, 0.3) is 22.3 Å². The summed E-state index contributed by atoms with van der Waals surface area (Å²) >= 11 is 0. The second kappa shape index (κ2) is 17.3. The number of pyridine rings is 1. The molecule has 2 aliphatic rings. The lowest BCUT2D eigenvalue weighted by Crippen LogP contribution is -2.15. The number of nitrogens with one attached hydrogen (secondary N) is 1. The summed E-state index contributed by atoms with van der Waals surface area (Å²) in [6.07, 6.45) is 0.180. The molecule has 0 amide bonds. The zero-order valence-electron chi connectivity index (χ0n) is 30.3. The second-order valence-electron chi connectivity index (χ2n) is 12.7. The molecule has 1 heterocycles. The van der Waals surface area contributed by atoms with Crippen LogP contribution in [0.4, 0.5) is 110 Å². The standard InChI is InChI=1S/C35F25.C5H5N/c36-11-6(12(37)22(47)31(56)21(11)46)1-2(7-13(38)23(48)32(57)24(49)14(7)39)4(9-17(42)27(52)34(59)28(53)18(9)43)5(10-19(44)29(54)35(60)30(55)20(10)45)3(1)8-15(40)25(50)33(58)26(51)16(8)41;1-2-4-6-5-3-1/h;1-5H/q-1;/p+1. The SMILES string of the molecule is FC1=C(F)C(=C2C(c3c(F)c(F)c(F)c(F)c3F)=C(c3c(F)c(F)c(F)c(F)c3F)C(c3c(F)c(F)c(F)c(F)c3F)=C2c2c(F)c(F)c(F)c(F)c2F)[C-](F)C(F)=C1F.c1cc[nH+]cc1. The van der Waals surface area contributed by atoms with Crippen molar-refractivity contribution in [3.63, 3.8) is 0 Å². The van der Waals surface area contributed by atoms with Crippen molar-refractivity contribution >= 4 is 22.3 Å². The van der Waals surface area contributed by atoms with Crippen molar-refractivity contribution in [1.82, 2.24) is 0 Å². The van der Waals surface area contributed by atoms with Gasteiger partial charge in [0, 0.05) is 12.1 Å². The molecule has 2 aliphatic carbocycles. The van der Waals surface area contributed by atoms with Crippen molar-refractivity contribution in [1.29, 1.82) is 0 Å². The quantitative estimate of drug-likeness (QED) is 0.0737. The fraction of sp³-hybridized carbons (Fsp3) is 0. The zero-order valence-corrected chi connectivity index (χ0v) is 30.3. The van der Waals surface area contributed by atoms with E-state index in [1.807, 2.05) is 30.6 Å². The molecule has 26 heteroatoms. The first-order chi connectivity index (χ1) is 30.8. The van der Waals surface area contributed by atoms with Crippen LogP contribution in [0.1, 0.15) is 22.3 Å². The Morgan fingerprint density at radius 1 is 0.258 bits per heavy atom. The summed E-state index contributed by atoms with van der Waals surface area (Å²) in [7, 11) is 0. The molecule has 66 heavy (non-hydrogen) atoms. The highest BCUT2D eigenvalue weighted by molar-refractivity contribution is 6.35. The highest BCUT2D eigenvalue weighted by atomic mass is 19.2. The van der Waals surface area contributed by atoms with Crippen LogP contribution < -0.4 is 4.98 Å². The van der Waals surface area contributed by atoms with E-state index >= 15 is 43.9 Å². The molecule has 4 aromatic carbocycles. The minimum atomic E-state index is -3.57. The number of aromatic nitrogens is 1. The van der Waals surface area contributed by atoms with E-state index in [2.05, 4.69) is 4.98 Å². The average molecular weight is 975 g/mol. The molecule has 0 radical (unpaired) electrons. The van der Waals surface area contributed by atoms with E-state index in [0.717, 1.165) is 0 Å². The number of allylic oxidation sites excluding steroid dienone is 10. The predicted octanol–water partition coefficient (Wildman–Crippen LogP) is 13.6. The Bertz CT molecular complexity index is 2820. The molecule has 1 N–H and O–H groups in total. The maximum Gasteiger partial charge on any atom is 0.200 e. The molecular weight excluding hydrogens is 969 g/mol. The summed E-state index contributed by atoms with van der Waals surface area (Å²) < 4.78 is 378. The van der Waals surface area contributed by atoms with Crippen LogP contribution in [0.15, 0.2) is 65.0 Å².